The first-order valence-electron chi connectivity index (χ1n) is 7.43. The lowest BCUT2D eigenvalue weighted by atomic mass is 9.91. The van der Waals surface area contributed by atoms with Crippen molar-refractivity contribution in [2.75, 3.05) is 18.0 Å². The molecule has 2 unspecified atom stereocenters. The number of nitrogens with one attached hydrogen (secondary N) is 1. The monoisotopic (exact) mass is 481 g/mol. The van der Waals surface area contributed by atoms with Gasteiger partial charge in [-0.25, -0.2) is 14.6 Å². The fourth-order valence-electron chi connectivity index (χ4n) is 2.26. The minimum absolute atomic E-state index is 0.694. The number of piperidine rings is 1. The van der Waals surface area contributed by atoms with Crippen LogP contribution in [0.1, 0.15) is 6.42 Å². The van der Waals surface area contributed by atoms with Crippen molar-refractivity contribution in [2.45, 2.75) is 30.9 Å². The molecule has 0 amide bonds. The van der Waals surface area contributed by atoms with E-state index in [9.17, 15) is 26.3 Å². The molecule has 3 fully saturated rings. The summed E-state index contributed by atoms with van der Waals surface area (Å²) in [6.45, 7) is 2.20. The number of piperazine rings is 1. The van der Waals surface area contributed by atoms with E-state index in [2.05, 4.69) is 43.3 Å². The van der Waals surface area contributed by atoms with E-state index < -0.39 is 24.3 Å². The van der Waals surface area contributed by atoms with Gasteiger partial charge in [0.15, 0.2) is 0 Å². The molecule has 14 heteroatoms. The van der Waals surface area contributed by atoms with E-state index >= 15 is 0 Å². The molecule has 3 N–H and O–H groups in total. The number of carboxylic acid groups (broad SMARTS) is 2. The number of anilines is 1. The highest BCUT2D eigenvalue weighted by Gasteiger charge is 2.39. The molecule has 4 rings (SSSR count). The largest absolute Gasteiger partial charge is 0.490 e. The zero-order valence-electron chi connectivity index (χ0n) is 13.8. The number of hydrogen-bond acceptors (Lipinski definition) is 5. The van der Waals surface area contributed by atoms with Gasteiger partial charge in [-0.2, -0.15) is 26.3 Å². The number of rotatable bonds is 1. The Morgan fingerprint density at radius 2 is 1.43 bits per heavy atom. The van der Waals surface area contributed by atoms with Gasteiger partial charge in [-0.05, 0) is 34.5 Å². The third-order valence-electron chi connectivity index (χ3n) is 3.44. The Bertz CT molecular complexity index is 643. The van der Waals surface area contributed by atoms with Crippen LogP contribution >= 0.6 is 15.9 Å². The Labute approximate surface area is 162 Å². The van der Waals surface area contributed by atoms with E-state index in [4.69, 9.17) is 19.8 Å². The molecule has 2 atom stereocenters. The van der Waals surface area contributed by atoms with E-state index in [1.54, 1.807) is 0 Å². The van der Waals surface area contributed by atoms with Crippen molar-refractivity contribution >= 4 is 33.7 Å². The Balaban J connectivity index is 0.000000240. The third-order valence-corrected chi connectivity index (χ3v) is 3.91. The maximum Gasteiger partial charge on any atom is 0.490 e. The molecule has 3 aliphatic heterocycles. The summed E-state index contributed by atoms with van der Waals surface area (Å²) in [5.41, 5.74) is 0. The van der Waals surface area contributed by atoms with Crippen molar-refractivity contribution < 1.29 is 46.1 Å². The lowest BCUT2D eigenvalue weighted by Gasteiger charge is -2.48. The Kier molecular flexibility index (Phi) is 8.05. The van der Waals surface area contributed by atoms with Gasteiger partial charge in [0.25, 0.3) is 0 Å². The summed E-state index contributed by atoms with van der Waals surface area (Å²) in [5.74, 6) is -4.41. The molecule has 158 valence electrons. The molecule has 1 aromatic heterocycles. The molecule has 7 nitrogen and oxygen atoms in total. The van der Waals surface area contributed by atoms with Crippen LogP contribution in [-0.4, -0.2) is 64.7 Å². The van der Waals surface area contributed by atoms with E-state index in [1.807, 2.05) is 6.20 Å². The Morgan fingerprint density at radius 1 is 1.04 bits per heavy atom. The molecule has 0 saturated carbocycles. The molecule has 3 saturated heterocycles. The summed E-state index contributed by atoms with van der Waals surface area (Å²) in [5, 5.41) is 17.8. The van der Waals surface area contributed by atoms with E-state index in [-0.39, 0.29) is 0 Å². The number of alkyl halides is 6. The average Bonchev–Trinajstić information content (AvgIpc) is 2.54. The molecular formula is C14H14BrF6N3O4. The number of fused-ring (bicyclic) bond motifs is 2. The van der Waals surface area contributed by atoms with Crippen molar-refractivity contribution in [3.8, 4) is 0 Å². The topological polar surface area (TPSA) is 103 Å². The van der Waals surface area contributed by atoms with Gasteiger partial charge >= 0.3 is 24.3 Å². The normalized spacial score (nSPS) is 20.6. The fraction of sp³-hybridized carbons (Fsp3) is 0.500. The second-order valence-electron chi connectivity index (χ2n) is 5.64. The Hall–Kier alpha value is -2.09. The van der Waals surface area contributed by atoms with Gasteiger partial charge in [0.05, 0.1) is 0 Å². The second-order valence-corrected chi connectivity index (χ2v) is 6.56. The molecular weight excluding hydrogens is 468 g/mol. The highest BCUT2D eigenvalue weighted by molar-refractivity contribution is 9.10. The summed E-state index contributed by atoms with van der Waals surface area (Å²) in [6.07, 6.45) is -6.96. The van der Waals surface area contributed by atoms with Crippen LogP contribution in [0.2, 0.25) is 0 Å². The summed E-state index contributed by atoms with van der Waals surface area (Å²) < 4.78 is 64.5. The molecule has 0 spiro atoms. The molecule has 0 aromatic carbocycles. The first-order valence-corrected chi connectivity index (χ1v) is 8.22. The number of carbonyl (C=O) groups is 2. The van der Waals surface area contributed by atoms with Crippen LogP contribution in [0, 0.1) is 0 Å². The highest BCUT2D eigenvalue weighted by atomic mass is 79.9. The zero-order chi connectivity index (χ0) is 21.7. The minimum atomic E-state index is -5.08. The summed E-state index contributed by atoms with van der Waals surface area (Å²) in [7, 11) is 0. The fourth-order valence-corrected chi connectivity index (χ4v) is 2.49. The second kappa shape index (κ2) is 9.41. The van der Waals surface area contributed by atoms with Gasteiger partial charge in [-0.15, -0.1) is 0 Å². The summed E-state index contributed by atoms with van der Waals surface area (Å²) in [6, 6.07) is 5.52. The van der Waals surface area contributed by atoms with E-state index in [1.165, 1.54) is 6.42 Å². The standard InChI is InChI=1S/C10H12BrN3.2C2HF3O2/c11-7-1-2-10(12-4-7)14-5-8-3-9(6-14)13-8;2*3-2(4,5)1(6)7/h1-2,4,8-9,13H,3,5-6H2;2*(H,6,7). The third kappa shape index (κ3) is 7.88. The van der Waals surface area contributed by atoms with Crippen molar-refractivity contribution in [1.29, 1.82) is 0 Å². The van der Waals surface area contributed by atoms with Crippen LogP contribution in [0.5, 0.6) is 0 Å². The van der Waals surface area contributed by atoms with Crippen LogP contribution in [0.4, 0.5) is 32.2 Å². The average molecular weight is 482 g/mol. The smallest absolute Gasteiger partial charge is 0.475 e. The maximum absolute atomic E-state index is 10.6. The van der Waals surface area contributed by atoms with Gasteiger partial charge in [0, 0.05) is 35.8 Å². The van der Waals surface area contributed by atoms with Crippen LogP contribution in [0.3, 0.4) is 0 Å². The predicted octanol–water partition coefficient (Wildman–Crippen LogP) is 2.66. The Morgan fingerprint density at radius 3 is 1.71 bits per heavy atom. The molecule has 4 heterocycles. The van der Waals surface area contributed by atoms with E-state index in [0.29, 0.717) is 12.1 Å². The first kappa shape index (κ1) is 23.9. The number of nitrogens with zero attached hydrogens (tertiary/aromatic N) is 2. The maximum atomic E-state index is 10.6. The SMILES string of the molecule is Brc1ccc(N2CC3CC(C2)N3)nc1.O=C(O)C(F)(F)F.O=C(O)C(F)(F)F. The first-order chi connectivity index (χ1) is 12.7. The summed E-state index contributed by atoms with van der Waals surface area (Å²) >= 11 is 3.40. The van der Waals surface area contributed by atoms with Gasteiger partial charge in [-0.1, -0.05) is 0 Å². The number of carboxylic acids is 2. The van der Waals surface area contributed by atoms with Crippen molar-refractivity contribution in [3.63, 3.8) is 0 Å². The number of hydrogen-bond donors (Lipinski definition) is 3. The van der Waals surface area contributed by atoms with Crippen molar-refractivity contribution in [3.05, 3.63) is 22.8 Å². The molecule has 28 heavy (non-hydrogen) atoms. The highest BCUT2D eigenvalue weighted by Crippen LogP contribution is 2.25. The van der Waals surface area contributed by atoms with Crippen LogP contribution in [-0.2, 0) is 9.59 Å². The van der Waals surface area contributed by atoms with Gasteiger partial charge in [0.2, 0.25) is 0 Å². The lowest BCUT2D eigenvalue weighted by molar-refractivity contribution is -0.193. The van der Waals surface area contributed by atoms with Gasteiger partial charge in [-0.3, -0.25) is 0 Å². The number of halogens is 7. The molecule has 0 aliphatic carbocycles. The predicted molar refractivity (Wildman–Crippen MR) is 86.9 cm³/mol. The quantitative estimate of drug-likeness (QED) is 0.530. The number of pyridine rings is 1. The zero-order valence-corrected chi connectivity index (χ0v) is 15.3. The number of aliphatic carboxylic acids is 2. The number of aromatic nitrogens is 1. The molecule has 2 bridgehead atoms. The van der Waals surface area contributed by atoms with Crippen LogP contribution < -0.4 is 10.2 Å². The van der Waals surface area contributed by atoms with Crippen molar-refractivity contribution in [2.24, 2.45) is 0 Å². The molecule has 0 radical (unpaired) electrons. The van der Waals surface area contributed by atoms with Crippen LogP contribution in [0.15, 0.2) is 22.8 Å². The minimum Gasteiger partial charge on any atom is -0.475 e. The molecule has 3 aliphatic rings. The van der Waals surface area contributed by atoms with E-state index in [0.717, 1.165) is 23.4 Å². The lowest BCUT2D eigenvalue weighted by Crippen LogP contribution is -2.67. The van der Waals surface area contributed by atoms with Gasteiger partial charge in [0.1, 0.15) is 5.82 Å². The van der Waals surface area contributed by atoms with Crippen molar-refractivity contribution in [1.82, 2.24) is 10.3 Å². The van der Waals surface area contributed by atoms with Crippen LogP contribution in [0.25, 0.3) is 0 Å². The van der Waals surface area contributed by atoms with Gasteiger partial charge < -0.3 is 20.4 Å². The molecule has 1 aromatic rings. The summed E-state index contributed by atoms with van der Waals surface area (Å²) in [4.78, 5) is 24.6.